The molecule has 3 atom stereocenters. The summed E-state index contributed by atoms with van der Waals surface area (Å²) >= 11 is 0. The Labute approximate surface area is 97.5 Å². The summed E-state index contributed by atoms with van der Waals surface area (Å²) in [5, 5.41) is 0. The molecule has 1 heterocycles. The first-order valence-corrected chi connectivity index (χ1v) is 6.09. The lowest BCUT2D eigenvalue weighted by Crippen LogP contribution is -2.47. The minimum absolute atomic E-state index is 0.158. The fourth-order valence-corrected chi connectivity index (χ4v) is 2.74. The molecule has 0 spiro atoms. The molecule has 1 saturated heterocycles. The van der Waals surface area contributed by atoms with Crippen LogP contribution >= 0.6 is 0 Å². The van der Waals surface area contributed by atoms with Gasteiger partial charge in [0, 0.05) is 6.54 Å². The Kier molecular flexibility index (Phi) is 3.06. The molecule has 3 heteroatoms. The van der Waals surface area contributed by atoms with Crippen LogP contribution in [0.15, 0.2) is 11.1 Å². The van der Waals surface area contributed by atoms with Crippen LogP contribution in [0.1, 0.15) is 27.7 Å². The summed E-state index contributed by atoms with van der Waals surface area (Å²) < 4.78 is 5.36. The zero-order chi connectivity index (χ0) is 11.9. The van der Waals surface area contributed by atoms with E-state index in [9.17, 15) is 4.79 Å². The Balaban J connectivity index is 2.06. The predicted octanol–water partition coefficient (Wildman–Crippen LogP) is 1.84. The van der Waals surface area contributed by atoms with Crippen LogP contribution in [0, 0.1) is 11.8 Å². The topological polar surface area (TPSA) is 29.5 Å². The number of rotatable bonds is 1. The van der Waals surface area contributed by atoms with Crippen molar-refractivity contribution in [3.8, 4) is 0 Å². The SMILES string of the molecule is CC(C)=C1C(C)C1C(=O)N1CCOCC1C. The smallest absolute Gasteiger partial charge is 0.230 e. The zero-order valence-electron chi connectivity index (χ0n) is 10.6. The summed E-state index contributed by atoms with van der Waals surface area (Å²) in [4.78, 5) is 14.3. The molecule has 0 aromatic rings. The van der Waals surface area contributed by atoms with Crippen LogP contribution in [0.4, 0.5) is 0 Å². The van der Waals surface area contributed by atoms with Crippen molar-refractivity contribution >= 4 is 5.91 Å². The van der Waals surface area contributed by atoms with E-state index in [0.717, 1.165) is 6.54 Å². The van der Waals surface area contributed by atoms with Crippen molar-refractivity contribution in [3.63, 3.8) is 0 Å². The fourth-order valence-electron chi connectivity index (χ4n) is 2.74. The normalized spacial score (nSPS) is 33.9. The van der Waals surface area contributed by atoms with E-state index in [0.29, 0.717) is 25.0 Å². The van der Waals surface area contributed by atoms with Gasteiger partial charge in [-0.05, 0) is 26.7 Å². The maximum Gasteiger partial charge on any atom is 0.230 e. The number of carbonyl (C=O) groups excluding carboxylic acids is 1. The quantitative estimate of drug-likeness (QED) is 0.635. The molecule has 1 aliphatic carbocycles. The second kappa shape index (κ2) is 4.21. The molecule has 1 amide bonds. The average molecular weight is 223 g/mol. The molecule has 1 saturated carbocycles. The molecule has 2 aliphatic rings. The first kappa shape index (κ1) is 11.6. The van der Waals surface area contributed by atoms with Crippen LogP contribution in [-0.4, -0.2) is 36.6 Å². The molecule has 0 aromatic heterocycles. The first-order chi connectivity index (χ1) is 7.54. The maximum atomic E-state index is 12.3. The molecule has 0 N–H and O–H groups in total. The van der Waals surface area contributed by atoms with Gasteiger partial charge in [0.2, 0.25) is 5.91 Å². The Hall–Kier alpha value is -0.830. The molecule has 2 rings (SSSR count). The molecule has 0 aromatic carbocycles. The van der Waals surface area contributed by atoms with Crippen molar-refractivity contribution in [1.29, 1.82) is 0 Å². The Morgan fingerprint density at radius 2 is 2.06 bits per heavy atom. The maximum absolute atomic E-state index is 12.3. The molecular formula is C13H21NO2. The third-order valence-electron chi connectivity index (χ3n) is 3.71. The van der Waals surface area contributed by atoms with Gasteiger partial charge in [-0.1, -0.05) is 18.1 Å². The van der Waals surface area contributed by atoms with Gasteiger partial charge in [0.25, 0.3) is 0 Å². The molecule has 3 unspecified atom stereocenters. The van der Waals surface area contributed by atoms with Gasteiger partial charge >= 0.3 is 0 Å². The summed E-state index contributed by atoms with van der Waals surface area (Å²) in [6, 6.07) is 0.229. The van der Waals surface area contributed by atoms with Crippen LogP contribution in [0.3, 0.4) is 0 Å². The van der Waals surface area contributed by atoms with Crippen molar-refractivity contribution in [2.75, 3.05) is 19.8 Å². The number of morpholine rings is 1. The molecule has 3 nitrogen and oxygen atoms in total. The van der Waals surface area contributed by atoms with Crippen molar-refractivity contribution in [2.24, 2.45) is 11.8 Å². The number of ether oxygens (including phenoxy) is 1. The van der Waals surface area contributed by atoms with Gasteiger partial charge in [0.05, 0.1) is 25.2 Å². The number of hydrogen-bond acceptors (Lipinski definition) is 2. The number of allylic oxidation sites excluding steroid dienone is 1. The van der Waals surface area contributed by atoms with E-state index < -0.39 is 0 Å². The van der Waals surface area contributed by atoms with Crippen LogP contribution < -0.4 is 0 Å². The fraction of sp³-hybridized carbons (Fsp3) is 0.769. The summed E-state index contributed by atoms with van der Waals surface area (Å²) in [5.74, 6) is 0.914. The van der Waals surface area contributed by atoms with E-state index in [-0.39, 0.29) is 12.0 Å². The second-order valence-corrected chi connectivity index (χ2v) is 5.18. The monoisotopic (exact) mass is 223 g/mol. The molecule has 0 bridgehead atoms. The second-order valence-electron chi connectivity index (χ2n) is 5.18. The molecule has 16 heavy (non-hydrogen) atoms. The Morgan fingerprint density at radius 1 is 1.38 bits per heavy atom. The standard InChI is InChI=1S/C13H21NO2/c1-8(2)11-10(4)12(11)13(15)14-5-6-16-7-9(14)3/h9-10,12H,5-7H2,1-4H3. The highest BCUT2D eigenvalue weighted by Gasteiger charge is 2.48. The van der Waals surface area contributed by atoms with Gasteiger partial charge in [-0.15, -0.1) is 0 Å². The lowest BCUT2D eigenvalue weighted by molar-refractivity contribution is -0.140. The lowest BCUT2D eigenvalue weighted by atomic mass is 10.2. The van der Waals surface area contributed by atoms with E-state index in [1.165, 1.54) is 11.1 Å². The zero-order valence-corrected chi connectivity index (χ0v) is 10.6. The van der Waals surface area contributed by atoms with Crippen LogP contribution in [0.25, 0.3) is 0 Å². The highest BCUT2D eigenvalue weighted by molar-refractivity contribution is 5.87. The largest absolute Gasteiger partial charge is 0.377 e. The number of hydrogen-bond donors (Lipinski definition) is 0. The minimum atomic E-state index is 0.158. The van der Waals surface area contributed by atoms with Gasteiger partial charge in [-0.25, -0.2) is 0 Å². The van der Waals surface area contributed by atoms with Gasteiger partial charge in [-0.3, -0.25) is 4.79 Å². The molecule has 0 radical (unpaired) electrons. The molecular weight excluding hydrogens is 202 g/mol. The van der Waals surface area contributed by atoms with Gasteiger partial charge in [0.15, 0.2) is 0 Å². The summed E-state index contributed by atoms with van der Waals surface area (Å²) in [6.45, 7) is 10.5. The van der Waals surface area contributed by atoms with Gasteiger partial charge in [-0.2, -0.15) is 0 Å². The van der Waals surface area contributed by atoms with Crippen molar-refractivity contribution < 1.29 is 9.53 Å². The summed E-state index contributed by atoms with van der Waals surface area (Å²) in [5.41, 5.74) is 2.66. The summed E-state index contributed by atoms with van der Waals surface area (Å²) in [6.07, 6.45) is 0. The molecule has 2 fully saturated rings. The number of amides is 1. The Morgan fingerprint density at radius 3 is 2.56 bits per heavy atom. The number of carbonyl (C=O) groups is 1. The van der Waals surface area contributed by atoms with E-state index in [1.807, 2.05) is 4.90 Å². The van der Waals surface area contributed by atoms with Crippen molar-refractivity contribution in [2.45, 2.75) is 33.7 Å². The highest BCUT2D eigenvalue weighted by Crippen LogP contribution is 2.48. The van der Waals surface area contributed by atoms with E-state index in [1.54, 1.807) is 0 Å². The first-order valence-electron chi connectivity index (χ1n) is 6.09. The van der Waals surface area contributed by atoms with E-state index >= 15 is 0 Å². The number of nitrogens with zero attached hydrogens (tertiary/aromatic N) is 1. The Bertz CT molecular complexity index is 331. The van der Waals surface area contributed by atoms with Crippen LogP contribution in [-0.2, 0) is 9.53 Å². The average Bonchev–Trinajstić information content (AvgIpc) is 2.90. The van der Waals surface area contributed by atoms with Crippen molar-refractivity contribution in [3.05, 3.63) is 11.1 Å². The van der Waals surface area contributed by atoms with Crippen LogP contribution in [0.5, 0.6) is 0 Å². The molecule has 90 valence electrons. The lowest BCUT2D eigenvalue weighted by Gasteiger charge is -2.33. The third kappa shape index (κ3) is 1.88. The van der Waals surface area contributed by atoms with Crippen molar-refractivity contribution in [1.82, 2.24) is 4.90 Å². The molecule has 1 aliphatic heterocycles. The third-order valence-corrected chi connectivity index (χ3v) is 3.71. The van der Waals surface area contributed by atoms with Crippen LogP contribution in [0.2, 0.25) is 0 Å². The van der Waals surface area contributed by atoms with Gasteiger partial charge in [0.1, 0.15) is 0 Å². The minimum Gasteiger partial charge on any atom is -0.377 e. The predicted molar refractivity (Wildman–Crippen MR) is 63.0 cm³/mol. The van der Waals surface area contributed by atoms with E-state index in [2.05, 4.69) is 27.7 Å². The van der Waals surface area contributed by atoms with Gasteiger partial charge < -0.3 is 9.64 Å². The van der Waals surface area contributed by atoms with E-state index in [4.69, 9.17) is 4.74 Å². The summed E-state index contributed by atoms with van der Waals surface area (Å²) in [7, 11) is 0. The highest BCUT2D eigenvalue weighted by atomic mass is 16.5.